The first-order valence-corrected chi connectivity index (χ1v) is 15.2. The second-order valence-electron chi connectivity index (χ2n) is 11.2. The third-order valence-electron chi connectivity index (χ3n) is 8.64. The van der Waals surface area contributed by atoms with E-state index in [4.69, 9.17) is 0 Å². The van der Waals surface area contributed by atoms with Gasteiger partial charge in [-0.1, -0.05) is 116 Å². The molecular weight excluding hydrogens is 500 g/mol. The Morgan fingerprint density at radius 3 is 2.23 bits per heavy atom. The predicted molar refractivity (Wildman–Crippen MR) is 175 cm³/mol. The first-order chi connectivity index (χ1) is 19.8. The average molecular weight is 531 g/mol. The monoisotopic (exact) mass is 530 g/mol. The first-order valence-electron chi connectivity index (χ1n) is 14.4. The van der Waals surface area contributed by atoms with Gasteiger partial charge in [-0.2, -0.15) is 0 Å². The van der Waals surface area contributed by atoms with Crippen molar-refractivity contribution in [3.63, 3.8) is 0 Å². The van der Waals surface area contributed by atoms with Crippen molar-refractivity contribution in [2.45, 2.75) is 26.2 Å². The molecule has 2 aliphatic rings. The minimum absolute atomic E-state index is 0.536. The summed E-state index contributed by atoms with van der Waals surface area (Å²) in [6.45, 7) is 2.33. The molecule has 8 rings (SSSR count). The zero-order valence-electron chi connectivity index (χ0n) is 22.7. The van der Waals surface area contributed by atoms with E-state index >= 15 is 0 Å². The summed E-state index contributed by atoms with van der Waals surface area (Å²) in [5, 5.41) is 8.17. The molecule has 0 fully saturated rings. The Hall–Kier alpha value is -4.20. The van der Waals surface area contributed by atoms with Crippen LogP contribution in [-0.4, -0.2) is 0 Å². The van der Waals surface area contributed by atoms with Crippen LogP contribution in [0.2, 0.25) is 0 Å². The molecule has 0 bridgehead atoms. The first kappa shape index (κ1) is 23.7. The number of thiophene rings is 1. The second kappa shape index (κ2) is 9.47. The van der Waals surface area contributed by atoms with E-state index in [9.17, 15) is 0 Å². The fraction of sp³-hybridized carbons (Fsp3) is 0.128. The summed E-state index contributed by atoms with van der Waals surface area (Å²) in [6, 6.07) is 36.2. The maximum absolute atomic E-state index is 2.51. The van der Waals surface area contributed by atoms with Crippen molar-refractivity contribution < 1.29 is 0 Å². The highest BCUT2D eigenvalue weighted by Crippen LogP contribution is 2.44. The predicted octanol–water partition coefficient (Wildman–Crippen LogP) is 9.63. The quantitative estimate of drug-likeness (QED) is 0.200. The Bertz CT molecular complexity index is 2140. The Morgan fingerprint density at radius 2 is 1.40 bits per heavy atom. The van der Waals surface area contributed by atoms with Gasteiger partial charge in [0.1, 0.15) is 0 Å². The topological polar surface area (TPSA) is 0 Å². The van der Waals surface area contributed by atoms with E-state index in [2.05, 4.69) is 128 Å². The summed E-state index contributed by atoms with van der Waals surface area (Å²) in [5.41, 5.74) is 8.16. The fourth-order valence-electron chi connectivity index (χ4n) is 6.88. The zero-order chi connectivity index (χ0) is 26.6. The van der Waals surface area contributed by atoms with Crippen LogP contribution in [0.1, 0.15) is 37.3 Å². The number of hydrogen-bond donors (Lipinski definition) is 0. The van der Waals surface area contributed by atoms with Crippen LogP contribution >= 0.6 is 11.3 Å². The van der Waals surface area contributed by atoms with Gasteiger partial charge in [0.25, 0.3) is 0 Å². The minimum Gasteiger partial charge on any atom is -0.136 e. The molecule has 2 aliphatic carbocycles. The molecule has 0 saturated heterocycles. The summed E-state index contributed by atoms with van der Waals surface area (Å²) < 4.78 is 2.81. The molecule has 6 aromatic rings. The summed E-state index contributed by atoms with van der Waals surface area (Å²) in [7, 11) is 0. The Kier molecular flexibility index (Phi) is 5.60. The molecule has 1 heterocycles. The standard InChI is InChI=1S/C39H30S/c1-25-11-9-14-28(23-25)38-31-16-6-5-15-30(31)37(26-12-3-2-4-13-26)32-22-21-27(24-34(32)38)29-18-10-20-36-39(29)33-17-7-8-19-35(33)40-36/h2-9,12-17,19-25H,10-11,18H2,1H3. The van der Waals surface area contributed by atoms with Gasteiger partial charge in [-0.3, -0.25) is 0 Å². The van der Waals surface area contributed by atoms with Crippen molar-refractivity contribution in [3.8, 4) is 11.1 Å². The van der Waals surface area contributed by atoms with E-state index in [0.717, 1.165) is 19.3 Å². The van der Waals surface area contributed by atoms with Crippen molar-refractivity contribution in [1.29, 1.82) is 0 Å². The van der Waals surface area contributed by atoms with E-state index in [1.165, 1.54) is 74.8 Å². The lowest BCUT2D eigenvalue weighted by atomic mass is 9.82. The van der Waals surface area contributed by atoms with E-state index < -0.39 is 0 Å². The van der Waals surface area contributed by atoms with E-state index in [1.54, 1.807) is 0 Å². The lowest BCUT2D eigenvalue weighted by Crippen LogP contribution is -2.25. The molecule has 1 heteroatoms. The maximum Gasteiger partial charge on any atom is 0.0355 e. The fourth-order valence-corrected chi connectivity index (χ4v) is 8.08. The van der Waals surface area contributed by atoms with E-state index in [0.29, 0.717) is 5.92 Å². The molecule has 0 radical (unpaired) electrons. The van der Waals surface area contributed by atoms with Crippen molar-refractivity contribution in [2.75, 3.05) is 0 Å². The minimum atomic E-state index is 0.536. The Labute approximate surface area is 238 Å². The molecule has 1 aromatic heterocycles. The lowest BCUT2D eigenvalue weighted by Gasteiger charge is -2.21. The van der Waals surface area contributed by atoms with Gasteiger partial charge in [-0.15, -0.1) is 11.3 Å². The molecule has 192 valence electrons. The highest BCUT2D eigenvalue weighted by Gasteiger charge is 2.20. The van der Waals surface area contributed by atoms with Gasteiger partial charge < -0.3 is 0 Å². The van der Waals surface area contributed by atoms with Gasteiger partial charge in [0, 0.05) is 19.8 Å². The van der Waals surface area contributed by atoms with Crippen LogP contribution in [0.15, 0.2) is 115 Å². The van der Waals surface area contributed by atoms with Gasteiger partial charge in [0.15, 0.2) is 0 Å². The Balaban J connectivity index is 1.52. The molecule has 1 atom stereocenters. The van der Waals surface area contributed by atoms with Gasteiger partial charge >= 0.3 is 0 Å². The van der Waals surface area contributed by atoms with Crippen molar-refractivity contribution in [1.82, 2.24) is 0 Å². The summed E-state index contributed by atoms with van der Waals surface area (Å²) >= 11 is 1.93. The van der Waals surface area contributed by atoms with E-state index in [-0.39, 0.29) is 0 Å². The number of rotatable bonds is 3. The molecule has 0 aliphatic heterocycles. The van der Waals surface area contributed by atoms with Crippen LogP contribution in [0, 0.1) is 5.92 Å². The summed E-state index contributed by atoms with van der Waals surface area (Å²) in [6.07, 6.45) is 12.9. The largest absolute Gasteiger partial charge is 0.136 e. The van der Waals surface area contributed by atoms with Gasteiger partial charge in [-0.05, 0) is 92.3 Å². The molecule has 5 aromatic carbocycles. The molecule has 0 N–H and O–H groups in total. The Morgan fingerprint density at radius 1 is 0.675 bits per heavy atom. The zero-order valence-corrected chi connectivity index (χ0v) is 23.5. The van der Waals surface area contributed by atoms with Gasteiger partial charge in [0.2, 0.25) is 0 Å². The lowest BCUT2D eigenvalue weighted by molar-refractivity contribution is 0.740. The molecular formula is C39H30S. The normalized spacial score (nSPS) is 16.8. The van der Waals surface area contributed by atoms with Crippen LogP contribution in [0.5, 0.6) is 0 Å². The summed E-state index contributed by atoms with van der Waals surface area (Å²) in [5.74, 6) is 0.536. The molecule has 0 spiro atoms. The highest BCUT2D eigenvalue weighted by molar-refractivity contribution is 7.17. The highest BCUT2D eigenvalue weighted by atomic mass is 32.1. The van der Waals surface area contributed by atoms with Crippen LogP contribution < -0.4 is 9.75 Å². The van der Waals surface area contributed by atoms with E-state index in [1.807, 2.05) is 11.3 Å². The third kappa shape index (κ3) is 3.73. The maximum atomic E-state index is 2.51. The van der Waals surface area contributed by atoms with Crippen molar-refractivity contribution in [3.05, 3.63) is 136 Å². The van der Waals surface area contributed by atoms with Crippen molar-refractivity contribution >= 4 is 60.2 Å². The third-order valence-corrected chi connectivity index (χ3v) is 9.81. The van der Waals surface area contributed by atoms with Crippen LogP contribution in [0.3, 0.4) is 0 Å². The van der Waals surface area contributed by atoms with Crippen molar-refractivity contribution in [2.24, 2.45) is 5.92 Å². The number of allylic oxidation sites excluding steroid dienone is 4. The van der Waals surface area contributed by atoms with Gasteiger partial charge in [0.05, 0.1) is 0 Å². The van der Waals surface area contributed by atoms with Gasteiger partial charge in [-0.25, -0.2) is 0 Å². The van der Waals surface area contributed by atoms with Crippen LogP contribution in [-0.2, 0) is 0 Å². The van der Waals surface area contributed by atoms with Crippen LogP contribution in [0.4, 0.5) is 0 Å². The average Bonchev–Trinajstić information content (AvgIpc) is 3.39. The number of benzene rings is 5. The molecule has 0 nitrogen and oxygen atoms in total. The second-order valence-corrected chi connectivity index (χ2v) is 12.3. The molecule has 40 heavy (non-hydrogen) atoms. The summed E-state index contributed by atoms with van der Waals surface area (Å²) in [4.78, 5) is 0. The molecule has 0 amide bonds. The smallest absolute Gasteiger partial charge is 0.0355 e. The SMILES string of the molecule is CC1C=C(c2c3ccccc3c(-c3ccccc3)c3ccc(C4=c5c(sc6ccccc56)=CCC4)cc23)C=CC1. The number of hydrogen-bond acceptors (Lipinski definition) is 1. The number of fused-ring (bicyclic) bond motifs is 5. The molecule has 0 saturated carbocycles. The van der Waals surface area contributed by atoms with Crippen LogP contribution in [0.25, 0.3) is 60.0 Å². The molecule has 1 unspecified atom stereocenters.